The number of rotatable bonds is 1. The Bertz CT molecular complexity index is 503. The Morgan fingerprint density at radius 3 is 1.15 bits per heavy atom. The van der Waals surface area contributed by atoms with Crippen LogP contribution in [0, 0.1) is 0 Å². The first-order chi connectivity index (χ1) is 7.58. The van der Waals surface area contributed by atoms with Gasteiger partial charge >= 0.3 is 113 Å². The van der Waals surface area contributed by atoms with Gasteiger partial charge in [0.2, 0.25) is 0 Å². The molecule has 20 heavy (non-hydrogen) atoms. The van der Waals surface area contributed by atoms with Crippen molar-refractivity contribution < 1.29 is 0 Å². The molecular weight excluding hydrogens is 464 g/mol. The van der Waals surface area contributed by atoms with E-state index in [1.54, 1.807) is 0 Å². The molecule has 0 heterocycles. The van der Waals surface area contributed by atoms with Crippen LogP contribution in [0.1, 0.15) is 0 Å². The quantitative estimate of drug-likeness (QED) is 0.486. The fourth-order valence-corrected chi connectivity index (χ4v) is 3.00. The summed E-state index contributed by atoms with van der Waals surface area (Å²) in [5, 5.41) is 0. The first kappa shape index (κ1) is 25.3. The van der Waals surface area contributed by atoms with Crippen LogP contribution in [0.25, 0.3) is 11.1 Å². The summed E-state index contributed by atoms with van der Waals surface area (Å²) in [6.07, 6.45) is 0. The van der Waals surface area contributed by atoms with Crippen LogP contribution >= 0.6 is 49.6 Å². The molecule has 0 fully saturated rings. The van der Waals surface area contributed by atoms with Crippen LogP contribution in [0.3, 0.4) is 0 Å². The molecule has 0 aliphatic rings. The Kier molecular flexibility index (Phi) is 13.9. The average molecular weight is 478 g/mol. The van der Waals surface area contributed by atoms with Crippen molar-refractivity contribution >= 4 is 103 Å². The molecule has 0 saturated heterocycles. The summed E-state index contributed by atoms with van der Waals surface area (Å²) < 4.78 is 2.23. The Morgan fingerprint density at radius 1 is 0.600 bits per heavy atom. The van der Waals surface area contributed by atoms with E-state index < -0.39 is 0 Å². The number of hydrogen-bond acceptors (Lipinski definition) is 2. The van der Waals surface area contributed by atoms with Crippen molar-refractivity contribution in [1.29, 1.82) is 0 Å². The molecule has 8 heteroatoms. The van der Waals surface area contributed by atoms with Gasteiger partial charge < -0.3 is 0 Å². The van der Waals surface area contributed by atoms with Crippen molar-refractivity contribution in [2.45, 2.75) is 0 Å². The molecule has 4 radical (unpaired) electrons. The second-order valence-electron chi connectivity index (χ2n) is 3.55. The van der Waals surface area contributed by atoms with E-state index in [2.05, 4.69) is 33.7 Å². The summed E-state index contributed by atoms with van der Waals surface area (Å²) in [7, 11) is 0. The van der Waals surface area contributed by atoms with Crippen LogP contribution < -0.4 is 20.2 Å². The van der Waals surface area contributed by atoms with E-state index >= 15 is 0 Å². The molecule has 0 bridgehead atoms. The number of nitrogens with two attached hydrogens (primary N) is 2. The van der Waals surface area contributed by atoms with Gasteiger partial charge in [-0.3, -0.25) is 0 Å². The van der Waals surface area contributed by atoms with Gasteiger partial charge in [0.15, 0.2) is 0 Å². The molecule has 0 amide bonds. The third kappa shape index (κ3) is 5.98. The number of anilines is 2. The second kappa shape index (κ2) is 11.0. The molecule has 2 aromatic rings. The predicted octanol–water partition coefficient (Wildman–Crippen LogP) is 1.79. The normalized spacial score (nSPS) is 8.30. The summed E-state index contributed by atoms with van der Waals surface area (Å²) in [6.45, 7) is 0. The SMILES string of the molecule is Cl.Cl.Cl.Cl.Nc1ccc(-c2ccc(N)cc2[As])c([As])c1. The van der Waals surface area contributed by atoms with E-state index in [0.29, 0.717) is 0 Å². The summed E-state index contributed by atoms with van der Waals surface area (Å²) in [4.78, 5) is 0. The summed E-state index contributed by atoms with van der Waals surface area (Å²) >= 11 is 5.10. The van der Waals surface area contributed by atoms with Crippen molar-refractivity contribution in [2.24, 2.45) is 0 Å². The molecule has 0 aromatic heterocycles. The van der Waals surface area contributed by atoms with Crippen LogP contribution in [0.2, 0.25) is 0 Å². The maximum atomic E-state index is 5.73. The molecular formula is C12H14As2Cl4N2. The van der Waals surface area contributed by atoms with Crippen LogP contribution in [-0.2, 0) is 0 Å². The zero-order valence-corrected chi connectivity index (χ0v) is 17.2. The van der Waals surface area contributed by atoms with E-state index in [0.717, 1.165) is 20.1 Å². The molecule has 110 valence electrons. The number of benzene rings is 2. The van der Waals surface area contributed by atoms with Gasteiger partial charge in [-0.15, -0.1) is 49.6 Å². The van der Waals surface area contributed by atoms with Gasteiger partial charge in [0.25, 0.3) is 0 Å². The first-order valence-corrected chi connectivity index (χ1v) is 6.63. The van der Waals surface area contributed by atoms with Crippen LogP contribution in [0.4, 0.5) is 11.4 Å². The molecule has 0 spiro atoms. The molecule has 0 aliphatic heterocycles. The van der Waals surface area contributed by atoms with E-state index in [9.17, 15) is 0 Å². The fourth-order valence-electron chi connectivity index (χ4n) is 1.55. The number of nitrogen functional groups attached to an aromatic ring is 2. The zero-order valence-electron chi connectivity index (χ0n) is 10.1. The Balaban J connectivity index is -0.000000722. The molecule has 4 N–H and O–H groups in total. The third-order valence-electron chi connectivity index (χ3n) is 2.33. The van der Waals surface area contributed by atoms with Gasteiger partial charge in [0.1, 0.15) is 0 Å². The molecule has 2 aromatic carbocycles. The van der Waals surface area contributed by atoms with Crippen molar-refractivity contribution in [2.75, 3.05) is 11.5 Å². The van der Waals surface area contributed by atoms with Gasteiger partial charge in [0, 0.05) is 0 Å². The Labute approximate surface area is 161 Å². The van der Waals surface area contributed by atoms with Crippen molar-refractivity contribution in [3.8, 4) is 11.1 Å². The van der Waals surface area contributed by atoms with E-state index in [-0.39, 0.29) is 49.6 Å². The number of hydrogen-bond donors (Lipinski definition) is 2. The molecule has 0 saturated carbocycles. The van der Waals surface area contributed by atoms with Gasteiger partial charge in [-0.2, -0.15) is 0 Å². The topological polar surface area (TPSA) is 52.0 Å². The second-order valence-corrected chi connectivity index (χ2v) is 5.57. The van der Waals surface area contributed by atoms with E-state index in [1.807, 2.05) is 36.4 Å². The molecule has 0 atom stereocenters. The molecule has 0 aliphatic carbocycles. The van der Waals surface area contributed by atoms with Crippen LogP contribution in [-0.4, -0.2) is 33.7 Å². The monoisotopic (exact) mass is 476 g/mol. The van der Waals surface area contributed by atoms with Crippen molar-refractivity contribution in [1.82, 2.24) is 0 Å². The van der Waals surface area contributed by atoms with Gasteiger partial charge in [0.05, 0.1) is 0 Å². The summed E-state index contributed by atoms with van der Waals surface area (Å²) in [5.41, 5.74) is 15.4. The fraction of sp³-hybridized carbons (Fsp3) is 0. The number of halogens is 4. The van der Waals surface area contributed by atoms with Crippen molar-refractivity contribution in [3.05, 3.63) is 36.4 Å². The predicted molar refractivity (Wildman–Crippen MR) is 100 cm³/mol. The zero-order chi connectivity index (χ0) is 11.7. The summed E-state index contributed by atoms with van der Waals surface area (Å²) in [5.74, 6) is 0. The minimum absolute atomic E-state index is 0. The average Bonchev–Trinajstić information content (AvgIpc) is 2.19. The van der Waals surface area contributed by atoms with Crippen molar-refractivity contribution in [3.63, 3.8) is 0 Å². The first-order valence-electron chi connectivity index (χ1n) is 4.75. The van der Waals surface area contributed by atoms with Crippen LogP contribution in [0.15, 0.2) is 36.4 Å². The molecule has 2 rings (SSSR count). The van der Waals surface area contributed by atoms with Gasteiger partial charge in [-0.05, 0) is 0 Å². The van der Waals surface area contributed by atoms with E-state index in [1.165, 1.54) is 11.1 Å². The summed E-state index contributed by atoms with van der Waals surface area (Å²) in [6, 6.07) is 11.8. The van der Waals surface area contributed by atoms with Crippen LogP contribution in [0.5, 0.6) is 0 Å². The minimum atomic E-state index is 0. The Morgan fingerprint density at radius 2 is 0.900 bits per heavy atom. The molecule has 2 nitrogen and oxygen atoms in total. The standard InChI is InChI=1S/C12H10As2N2.4ClH/c13-11-5-7(15)1-3-9(11)10-4-2-8(16)6-12(10)14;;;;/h1-6H,15-16H2;4*1H. The Hall–Kier alpha value is 0.317. The van der Waals surface area contributed by atoms with E-state index in [4.69, 9.17) is 11.5 Å². The third-order valence-corrected chi connectivity index (χ3v) is 3.89. The maximum absolute atomic E-state index is 5.73. The van der Waals surface area contributed by atoms with Gasteiger partial charge in [-0.1, -0.05) is 0 Å². The van der Waals surface area contributed by atoms with Gasteiger partial charge in [-0.25, -0.2) is 0 Å². The molecule has 0 unspecified atom stereocenters.